The zero-order chi connectivity index (χ0) is 28.6. The summed E-state index contributed by atoms with van der Waals surface area (Å²) in [6.07, 6.45) is -9.46. The van der Waals surface area contributed by atoms with Crippen LogP contribution in [0.1, 0.15) is 46.7 Å². The summed E-state index contributed by atoms with van der Waals surface area (Å²) in [5, 5.41) is 0. The van der Waals surface area contributed by atoms with E-state index in [-0.39, 0.29) is 30.6 Å². The Kier molecular flexibility index (Phi) is 8.18. The summed E-state index contributed by atoms with van der Waals surface area (Å²) in [6.45, 7) is 1.24. The smallest absolute Gasteiger partial charge is 0.351 e. The van der Waals surface area contributed by atoms with Crippen molar-refractivity contribution in [2.24, 2.45) is 5.73 Å². The molecule has 208 valence electrons. The van der Waals surface area contributed by atoms with Crippen LogP contribution in [0.4, 0.5) is 40.3 Å². The lowest BCUT2D eigenvalue weighted by atomic mass is 9.89. The van der Waals surface area contributed by atoms with E-state index in [4.69, 9.17) is 5.73 Å². The summed E-state index contributed by atoms with van der Waals surface area (Å²) in [6, 6.07) is 2.86. The molecular weight excluding hydrogens is 521 g/mol. The third kappa shape index (κ3) is 6.48. The number of carbonyl (C=O) groups excluding carboxylic acids is 2. The number of primary amides is 1. The lowest BCUT2D eigenvalue weighted by molar-refractivity contribution is -0.143. The molecule has 1 saturated heterocycles. The molecule has 0 unspecified atom stereocenters. The molecule has 0 radical (unpaired) electrons. The Morgan fingerprint density at radius 2 is 1.58 bits per heavy atom. The molecule has 1 heterocycles. The first-order valence-electron chi connectivity index (χ1n) is 11.6. The van der Waals surface area contributed by atoms with Gasteiger partial charge in [-0.15, -0.1) is 0 Å². The SMILES string of the molecule is Cc1cc(F)ccc1[C@H]1C[C@@H](N(C)C(N)=O)CCN1C(=O)N(C)Cc1cc(C(F)(F)F)cc(C(F)(F)F)c1. The minimum Gasteiger partial charge on any atom is -0.351 e. The van der Waals surface area contributed by atoms with Crippen molar-refractivity contribution >= 4 is 12.1 Å². The highest BCUT2D eigenvalue weighted by Gasteiger charge is 2.39. The normalized spacial score (nSPS) is 18.3. The minimum absolute atomic E-state index is 0.0265. The van der Waals surface area contributed by atoms with E-state index >= 15 is 0 Å². The number of hydrogen-bond acceptors (Lipinski definition) is 2. The van der Waals surface area contributed by atoms with E-state index in [1.165, 1.54) is 42.1 Å². The molecule has 13 heteroatoms. The van der Waals surface area contributed by atoms with Crippen LogP contribution in [0.25, 0.3) is 0 Å². The highest BCUT2D eigenvalue weighted by Crippen LogP contribution is 2.38. The Bertz CT molecular complexity index is 1170. The molecule has 0 aliphatic carbocycles. The number of hydrogen-bond donors (Lipinski definition) is 1. The number of alkyl halides is 6. The van der Waals surface area contributed by atoms with Crippen LogP contribution >= 0.6 is 0 Å². The maximum absolute atomic E-state index is 13.8. The van der Waals surface area contributed by atoms with Gasteiger partial charge in [-0.25, -0.2) is 14.0 Å². The lowest BCUT2D eigenvalue weighted by Gasteiger charge is -2.44. The topological polar surface area (TPSA) is 69.9 Å². The van der Waals surface area contributed by atoms with E-state index in [1.54, 1.807) is 6.92 Å². The van der Waals surface area contributed by atoms with Crippen molar-refractivity contribution in [3.63, 3.8) is 0 Å². The van der Waals surface area contributed by atoms with Gasteiger partial charge in [-0.05, 0) is 66.8 Å². The summed E-state index contributed by atoms with van der Waals surface area (Å²) in [4.78, 5) is 29.0. The fourth-order valence-corrected chi connectivity index (χ4v) is 4.69. The maximum atomic E-state index is 13.8. The number of halogens is 7. The summed E-state index contributed by atoms with van der Waals surface area (Å²) >= 11 is 0. The van der Waals surface area contributed by atoms with Gasteiger partial charge in [0, 0.05) is 33.2 Å². The van der Waals surface area contributed by atoms with Gasteiger partial charge in [0.05, 0.1) is 17.2 Å². The summed E-state index contributed by atoms with van der Waals surface area (Å²) in [5.41, 5.74) is 3.23. The van der Waals surface area contributed by atoms with Crippen LogP contribution < -0.4 is 5.73 Å². The first kappa shape index (κ1) is 29.1. The van der Waals surface area contributed by atoms with Gasteiger partial charge in [-0.1, -0.05) is 6.07 Å². The number of amides is 4. The fourth-order valence-electron chi connectivity index (χ4n) is 4.69. The van der Waals surface area contributed by atoms with Gasteiger partial charge in [0.15, 0.2) is 0 Å². The average Bonchev–Trinajstić information content (AvgIpc) is 2.81. The van der Waals surface area contributed by atoms with Crippen molar-refractivity contribution < 1.29 is 40.3 Å². The molecule has 1 fully saturated rings. The first-order valence-corrected chi connectivity index (χ1v) is 11.6. The molecule has 2 N–H and O–H groups in total. The van der Waals surface area contributed by atoms with Crippen LogP contribution in [0.2, 0.25) is 0 Å². The van der Waals surface area contributed by atoms with Gasteiger partial charge in [-0.2, -0.15) is 26.3 Å². The number of carbonyl (C=O) groups is 2. The second-order valence-electron chi connectivity index (χ2n) is 9.39. The molecule has 2 aromatic carbocycles. The molecule has 1 aliphatic rings. The van der Waals surface area contributed by atoms with Crippen molar-refractivity contribution in [2.45, 2.75) is 50.7 Å². The molecule has 2 atom stereocenters. The molecule has 0 saturated carbocycles. The molecule has 0 aromatic heterocycles. The van der Waals surface area contributed by atoms with Gasteiger partial charge in [0.1, 0.15) is 5.82 Å². The number of aryl methyl sites for hydroxylation is 1. The van der Waals surface area contributed by atoms with Gasteiger partial charge in [0.25, 0.3) is 0 Å². The van der Waals surface area contributed by atoms with E-state index < -0.39 is 53.9 Å². The number of rotatable bonds is 4. The number of nitrogens with zero attached hydrogens (tertiary/aromatic N) is 3. The van der Waals surface area contributed by atoms with Gasteiger partial charge < -0.3 is 20.4 Å². The third-order valence-corrected chi connectivity index (χ3v) is 6.70. The lowest BCUT2D eigenvalue weighted by Crippen LogP contribution is -2.52. The van der Waals surface area contributed by atoms with Crippen LogP contribution in [-0.2, 0) is 18.9 Å². The molecular formula is C25H27F7N4O2. The number of nitrogens with two attached hydrogens (primary N) is 1. The van der Waals surface area contributed by atoms with Gasteiger partial charge in [-0.3, -0.25) is 0 Å². The number of likely N-dealkylation sites (tertiary alicyclic amines) is 1. The zero-order valence-corrected chi connectivity index (χ0v) is 20.8. The Hall–Kier alpha value is -3.51. The summed E-state index contributed by atoms with van der Waals surface area (Å²) < 4.78 is 93.4. The van der Waals surface area contributed by atoms with E-state index in [1.807, 2.05) is 0 Å². The number of urea groups is 2. The van der Waals surface area contributed by atoms with Crippen LogP contribution in [0.5, 0.6) is 0 Å². The third-order valence-electron chi connectivity index (χ3n) is 6.70. The maximum Gasteiger partial charge on any atom is 0.416 e. The van der Waals surface area contributed by atoms with E-state index in [0.29, 0.717) is 29.7 Å². The monoisotopic (exact) mass is 548 g/mol. The molecule has 38 heavy (non-hydrogen) atoms. The van der Waals surface area contributed by atoms with Crippen molar-refractivity contribution in [2.75, 3.05) is 20.6 Å². The largest absolute Gasteiger partial charge is 0.416 e. The first-order chi connectivity index (χ1) is 17.5. The minimum atomic E-state index is -5.02. The van der Waals surface area contributed by atoms with Gasteiger partial charge in [0.2, 0.25) is 0 Å². The van der Waals surface area contributed by atoms with Crippen molar-refractivity contribution in [3.8, 4) is 0 Å². The Morgan fingerprint density at radius 1 is 1.00 bits per heavy atom. The molecule has 2 aromatic rings. The Labute approximate surface area is 214 Å². The molecule has 6 nitrogen and oxygen atoms in total. The van der Waals surface area contributed by atoms with E-state index in [0.717, 1.165) is 4.90 Å². The van der Waals surface area contributed by atoms with Crippen molar-refractivity contribution in [1.82, 2.24) is 14.7 Å². The number of benzene rings is 2. The van der Waals surface area contributed by atoms with Crippen molar-refractivity contribution in [1.29, 1.82) is 0 Å². The second kappa shape index (κ2) is 10.7. The zero-order valence-electron chi connectivity index (χ0n) is 20.8. The highest BCUT2D eigenvalue weighted by atomic mass is 19.4. The second-order valence-corrected chi connectivity index (χ2v) is 9.39. The van der Waals surface area contributed by atoms with Crippen LogP contribution in [0.3, 0.4) is 0 Å². The van der Waals surface area contributed by atoms with Crippen molar-refractivity contribution in [3.05, 3.63) is 70.0 Å². The molecule has 3 rings (SSSR count). The number of piperidine rings is 1. The van der Waals surface area contributed by atoms with Crippen LogP contribution in [0.15, 0.2) is 36.4 Å². The Balaban J connectivity index is 1.93. The van der Waals surface area contributed by atoms with Crippen LogP contribution in [-0.4, -0.2) is 53.4 Å². The average molecular weight is 549 g/mol. The molecule has 1 aliphatic heterocycles. The summed E-state index contributed by atoms with van der Waals surface area (Å²) in [5.74, 6) is -0.493. The molecule has 0 bridgehead atoms. The highest BCUT2D eigenvalue weighted by molar-refractivity contribution is 5.75. The summed E-state index contributed by atoms with van der Waals surface area (Å²) in [7, 11) is 2.78. The quantitative estimate of drug-likeness (QED) is 0.481. The predicted octanol–water partition coefficient (Wildman–Crippen LogP) is 5.94. The fraction of sp³-hybridized carbons (Fsp3) is 0.440. The van der Waals surface area contributed by atoms with Crippen LogP contribution in [0, 0.1) is 12.7 Å². The molecule has 4 amide bonds. The standard InChI is InChI=1S/C25H27F7N4O2/c1-14-8-18(26)4-5-20(14)21-12-19(35(3)22(33)37)6-7-36(21)23(38)34(2)13-15-9-16(24(27,28)29)11-17(10-15)25(30,31)32/h4-5,8-11,19,21H,6-7,12-13H2,1-3H3,(H2,33,37)/t19-,21+/m0/s1. The van der Waals surface area contributed by atoms with E-state index in [2.05, 4.69) is 0 Å². The van der Waals surface area contributed by atoms with E-state index in [9.17, 15) is 40.3 Å². The van der Waals surface area contributed by atoms with Gasteiger partial charge >= 0.3 is 24.4 Å². The predicted molar refractivity (Wildman–Crippen MR) is 124 cm³/mol. The molecule has 0 spiro atoms. The Morgan fingerprint density at radius 3 is 2.08 bits per heavy atom.